The van der Waals surface area contributed by atoms with Gasteiger partial charge in [0.1, 0.15) is 17.1 Å². The molecule has 0 radical (unpaired) electrons. The van der Waals surface area contributed by atoms with E-state index in [1.54, 1.807) is 12.1 Å². The maximum Gasteiger partial charge on any atom is 0.240 e. The van der Waals surface area contributed by atoms with Crippen LogP contribution in [0.15, 0.2) is 53.4 Å². The molecule has 2 aromatic rings. The molecule has 0 aliphatic carbocycles. The first-order chi connectivity index (χ1) is 11.0. The minimum absolute atomic E-state index is 0.0732. The molecular formula is C20H26O3S. The van der Waals surface area contributed by atoms with E-state index in [1.807, 2.05) is 57.2 Å². The van der Waals surface area contributed by atoms with Crippen LogP contribution in [0.25, 0.3) is 0 Å². The minimum atomic E-state index is -1.54. The molecule has 1 unspecified atom stereocenters. The van der Waals surface area contributed by atoms with Crippen LogP contribution in [0.2, 0.25) is 0 Å². The van der Waals surface area contributed by atoms with Crippen LogP contribution in [0.4, 0.5) is 0 Å². The number of rotatable bonds is 4. The Morgan fingerprint density at radius 3 is 1.71 bits per heavy atom. The topological polar surface area (TPSA) is 35.5 Å². The van der Waals surface area contributed by atoms with Crippen LogP contribution in [0.3, 0.4) is 0 Å². The van der Waals surface area contributed by atoms with E-state index >= 15 is 0 Å². The molecular weight excluding hydrogens is 320 g/mol. The second kappa shape index (κ2) is 6.98. The van der Waals surface area contributed by atoms with Crippen molar-refractivity contribution in [2.45, 2.75) is 57.5 Å². The lowest BCUT2D eigenvalue weighted by Crippen LogP contribution is -2.22. The lowest BCUT2D eigenvalue weighted by Gasteiger charge is -2.21. The van der Waals surface area contributed by atoms with Crippen LogP contribution < -0.4 is 8.92 Å². The summed E-state index contributed by atoms with van der Waals surface area (Å²) in [6.07, 6.45) is 0. The average Bonchev–Trinajstić information content (AvgIpc) is 2.47. The molecule has 24 heavy (non-hydrogen) atoms. The predicted octanol–water partition coefficient (Wildman–Crippen LogP) is 5.26. The number of ether oxygens (including phenoxy) is 1. The van der Waals surface area contributed by atoms with E-state index in [9.17, 15) is 4.21 Å². The highest BCUT2D eigenvalue weighted by Gasteiger charge is 2.15. The highest BCUT2D eigenvalue weighted by atomic mass is 32.2. The molecule has 0 bridgehead atoms. The molecule has 0 fully saturated rings. The van der Waals surface area contributed by atoms with E-state index in [0.29, 0.717) is 10.6 Å². The second-order valence-corrected chi connectivity index (χ2v) is 8.89. The van der Waals surface area contributed by atoms with Crippen molar-refractivity contribution in [1.82, 2.24) is 0 Å². The van der Waals surface area contributed by atoms with E-state index in [-0.39, 0.29) is 11.0 Å². The average molecular weight is 346 g/mol. The summed E-state index contributed by atoms with van der Waals surface area (Å²) >= 11 is -1.54. The van der Waals surface area contributed by atoms with Gasteiger partial charge >= 0.3 is 0 Å². The SMILES string of the molecule is CC(C)(C)Oc1ccc(OS(=O)c2ccc(C(C)(C)C)cc2)cc1. The summed E-state index contributed by atoms with van der Waals surface area (Å²) in [4.78, 5) is 0.651. The van der Waals surface area contributed by atoms with Crippen LogP contribution in [0.5, 0.6) is 11.5 Å². The Kier molecular flexibility index (Phi) is 5.38. The molecule has 0 aliphatic heterocycles. The number of hydrogen-bond donors (Lipinski definition) is 0. The summed E-state index contributed by atoms with van der Waals surface area (Å²) in [5.41, 5.74) is 1.02. The fourth-order valence-corrected chi connectivity index (χ4v) is 2.86. The summed E-state index contributed by atoms with van der Waals surface area (Å²) in [7, 11) is 0. The summed E-state index contributed by atoms with van der Waals surface area (Å²) in [6, 6.07) is 14.9. The fourth-order valence-electron chi connectivity index (χ4n) is 2.12. The van der Waals surface area contributed by atoms with E-state index in [2.05, 4.69) is 20.8 Å². The summed E-state index contributed by atoms with van der Waals surface area (Å²) in [5, 5.41) is 0. The Balaban J connectivity index is 2.04. The largest absolute Gasteiger partial charge is 0.488 e. The molecule has 0 aromatic heterocycles. The smallest absolute Gasteiger partial charge is 0.240 e. The van der Waals surface area contributed by atoms with Crippen LogP contribution in [-0.4, -0.2) is 9.81 Å². The normalized spacial score (nSPS) is 13.4. The second-order valence-electron chi connectivity index (χ2n) is 7.78. The van der Waals surface area contributed by atoms with Crippen molar-refractivity contribution in [3.63, 3.8) is 0 Å². The van der Waals surface area contributed by atoms with Gasteiger partial charge in [0, 0.05) is 0 Å². The molecule has 0 saturated carbocycles. The van der Waals surface area contributed by atoms with E-state index < -0.39 is 11.1 Å². The molecule has 2 rings (SSSR count). The fraction of sp³-hybridized carbons (Fsp3) is 0.400. The molecule has 0 heterocycles. The highest BCUT2D eigenvalue weighted by Crippen LogP contribution is 2.25. The van der Waals surface area contributed by atoms with Gasteiger partial charge in [0.05, 0.1) is 4.90 Å². The quantitative estimate of drug-likeness (QED) is 0.757. The number of benzene rings is 2. The molecule has 0 aliphatic rings. The molecule has 0 spiro atoms. The van der Waals surface area contributed by atoms with E-state index in [0.717, 1.165) is 5.75 Å². The third-order valence-corrected chi connectivity index (χ3v) is 4.33. The Morgan fingerprint density at radius 2 is 1.25 bits per heavy atom. The Bertz CT molecular complexity index is 690. The van der Waals surface area contributed by atoms with Gasteiger partial charge in [0.25, 0.3) is 0 Å². The van der Waals surface area contributed by atoms with Crippen molar-refractivity contribution in [2.24, 2.45) is 0 Å². The zero-order valence-electron chi connectivity index (χ0n) is 15.3. The first-order valence-electron chi connectivity index (χ1n) is 8.04. The minimum Gasteiger partial charge on any atom is -0.488 e. The van der Waals surface area contributed by atoms with Gasteiger partial charge in [-0.2, -0.15) is 0 Å². The van der Waals surface area contributed by atoms with E-state index in [4.69, 9.17) is 8.92 Å². The van der Waals surface area contributed by atoms with Gasteiger partial charge in [-0.3, -0.25) is 0 Å². The van der Waals surface area contributed by atoms with Gasteiger partial charge in [0.15, 0.2) is 0 Å². The Labute approximate surface area is 147 Å². The summed E-state index contributed by atoms with van der Waals surface area (Å²) in [6.45, 7) is 12.4. The number of hydrogen-bond acceptors (Lipinski definition) is 3. The third-order valence-electron chi connectivity index (χ3n) is 3.33. The van der Waals surface area contributed by atoms with Crippen molar-refractivity contribution >= 4 is 11.1 Å². The van der Waals surface area contributed by atoms with Crippen molar-refractivity contribution in [2.75, 3.05) is 0 Å². The molecule has 2 aromatic carbocycles. The molecule has 0 amide bonds. The summed E-state index contributed by atoms with van der Waals surface area (Å²) < 4.78 is 23.6. The van der Waals surface area contributed by atoms with Gasteiger partial charge in [-0.25, -0.2) is 4.21 Å². The summed E-state index contributed by atoms with van der Waals surface area (Å²) in [5.74, 6) is 1.31. The van der Waals surface area contributed by atoms with Gasteiger partial charge in [0.2, 0.25) is 11.1 Å². The van der Waals surface area contributed by atoms with Crippen LogP contribution in [0, 0.1) is 0 Å². The lowest BCUT2D eigenvalue weighted by molar-refractivity contribution is 0.131. The first-order valence-corrected chi connectivity index (χ1v) is 9.12. The monoisotopic (exact) mass is 346 g/mol. The molecule has 4 heteroatoms. The van der Waals surface area contributed by atoms with Gasteiger partial charge in [-0.1, -0.05) is 32.9 Å². The van der Waals surface area contributed by atoms with Crippen molar-refractivity contribution in [3.8, 4) is 11.5 Å². The molecule has 1 atom stereocenters. The first kappa shape index (κ1) is 18.5. The van der Waals surface area contributed by atoms with Crippen LogP contribution in [0.1, 0.15) is 47.1 Å². The lowest BCUT2D eigenvalue weighted by atomic mass is 9.87. The van der Waals surface area contributed by atoms with Crippen LogP contribution >= 0.6 is 0 Å². The van der Waals surface area contributed by atoms with Crippen LogP contribution in [-0.2, 0) is 16.5 Å². The molecule has 0 N–H and O–H groups in total. The maximum absolute atomic E-state index is 12.3. The van der Waals surface area contributed by atoms with Gasteiger partial charge in [-0.15, -0.1) is 0 Å². The zero-order chi connectivity index (χ0) is 18.0. The Hall–Kier alpha value is -1.81. The van der Waals surface area contributed by atoms with Gasteiger partial charge in [-0.05, 0) is 68.1 Å². The maximum atomic E-state index is 12.3. The standard InChI is InChI=1S/C20H26O3S/c1-19(2,3)15-7-13-18(14-8-15)24(21)23-17-11-9-16(10-12-17)22-20(4,5)6/h7-14H,1-6H3. The van der Waals surface area contributed by atoms with Crippen molar-refractivity contribution in [1.29, 1.82) is 0 Å². The van der Waals surface area contributed by atoms with Crippen molar-refractivity contribution in [3.05, 3.63) is 54.1 Å². The predicted molar refractivity (Wildman–Crippen MR) is 99.0 cm³/mol. The van der Waals surface area contributed by atoms with E-state index in [1.165, 1.54) is 5.56 Å². The van der Waals surface area contributed by atoms with Gasteiger partial charge < -0.3 is 8.92 Å². The third kappa shape index (κ3) is 5.38. The zero-order valence-corrected chi connectivity index (χ0v) is 16.1. The molecule has 130 valence electrons. The Morgan fingerprint density at radius 1 is 0.750 bits per heavy atom. The highest BCUT2D eigenvalue weighted by molar-refractivity contribution is 7.80. The van der Waals surface area contributed by atoms with Crippen molar-refractivity contribution < 1.29 is 13.1 Å². The molecule has 0 saturated heterocycles. The molecule has 3 nitrogen and oxygen atoms in total.